The van der Waals surface area contributed by atoms with Crippen LogP contribution in [0.3, 0.4) is 0 Å². The second-order valence-electron chi connectivity index (χ2n) is 7.74. The lowest BCUT2D eigenvalue weighted by Crippen LogP contribution is -2.61. The molecule has 6 heteroatoms. The number of carbonyl (C=O) groups is 1. The summed E-state index contributed by atoms with van der Waals surface area (Å²) < 4.78 is 1.37. The van der Waals surface area contributed by atoms with Crippen LogP contribution in [-0.4, -0.2) is 43.4 Å². The maximum Gasteiger partial charge on any atom is 0.266 e. The summed E-state index contributed by atoms with van der Waals surface area (Å²) in [6.45, 7) is 5.88. The smallest absolute Gasteiger partial charge is 0.266 e. The average molecular weight is 333 g/mol. The van der Waals surface area contributed by atoms with E-state index in [-0.39, 0.29) is 36.0 Å². The lowest BCUT2D eigenvalue weighted by molar-refractivity contribution is -0.156. The van der Waals surface area contributed by atoms with E-state index in [1.165, 1.54) is 10.7 Å². The lowest BCUT2D eigenvalue weighted by Gasteiger charge is -2.52. The molecule has 2 bridgehead atoms. The van der Waals surface area contributed by atoms with Crippen molar-refractivity contribution in [3.05, 3.63) is 28.2 Å². The summed E-state index contributed by atoms with van der Waals surface area (Å²) >= 11 is 0. The molecule has 1 aromatic rings. The maximum atomic E-state index is 12.6. The van der Waals surface area contributed by atoms with E-state index in [0.29, 0.717) is 12.8 Å². The van der Waals surface area contributed by atoms with Gasteiger partial charge in [-0.05, 0) is 45.1 Å². The second kappa shape index (κ2) is 6.31. The third-order valence-electron chi connectivity index (χ3n) is 5.29. The van der Waals surface area contributed by atoms with Crippen LogP contribution in [0, 0.1) is 12.8 Å². The quantitative estimate of drug-likeness (QED) is 0.909. The maximum absolute atomic E-state index is 12.6. The molecule has 132 valence electrons. The van der Waals surface area contributed by atoms with Crippen LogP contribution in [0.5, 0.6) is 0 Å². The lowest BCUT2D eigenvalue weighted by atomic mass is 9.75. The van der Waals surface area contributed by atoms with Gasteiger partial charge in [0.05, 0.1) is 17.8 Å². The standard InChI is InChI=1S/C18H27N3O3/c1-12(2)17(23)21-14-5-4-6-15(21)10-18(24,9-14)11-20-16(22)8-7-13(3)19-20/h7-8,12,14-15,24H,4-6,9-11H2,1-3H3/t14-,15-/m0/s1. The molecule has 3 rings (SSSR count). The van der Waals surface area contributed by atoms with Crippen LogP contribution < -0.4 is 5.56 Å². The fraction of sp³-hybridized carbons (Fsp3) is 0.722. The molecule has 2 aliphatic heterocycles. The Bertz CT molecular complexity index is 668. The van der Waals surface area contributed by atoms with Gasteiger partial charge in [0.1, 0.15) is 0 Å². The molecule has 0 radical (unpaired) electrons. The number of hydrogen-bond acceptors (Lipinski definition) is 4. The first kappa shape index (κ1) is 17.1. The van der Waals surface area contributed by atoms with Crippen molar-refractivity contribution in [2.45, 2.75) is 77.1 Å². The highest BCUT2D eigenvalue weighted by atomic mass is 16.3. The van der Waals surface area contributed by atoms with E-state index in [2.05, 4.69) is 5.10 Å². The molecule has 2 fully saturated rings. The first-order chi connectivity index (χ1) is 11.3. The normalized spacial score (nSPS) is 29.8. The molecule has 6 nitrogen and oxygen atoms in total. The molecule has 2 atom stereocenters. The van der Waals surface area contributed by atoms with Crippen molar-refractivity contribution in [2.24, 2.45) is 5.92 Å². The molecule has 3 heterocycles. The first-order valence-corrected chi connectivity index (χ1v) is 8.88. The topological polar surface area (TPSA) is 75.4 Å². The first-order valence-electron chi connectivity index (χ1n) is 8.88. The van der Waals surface area contributed by atoms with E-state index in [1.807, 2.05) is 25.7 Å². The number of nitrogens with zero attached hydrogens (tertiary/aromatic N) is 3. The third-order valence-corrected chi connectivity index (χ3v) is 5.29. The van der Waals surface area contributed by atoms with Crippen molar-refractivity contribution < 1.29 is 9.90 Å². The zero-order valence-electron chi connectivity index (χ0n) is 14.7. The van der Waals surface area contributed by atoms with Crippen molar-refractivity contribution in [1.82, 2.24) is 14.7 Å². The van der Waals surface area contributed by atoms with Crippen molar-refractivity contribution in [3.8, 4) is 0 Å². The van der Waals surface area contributed by atoms with Crippen LogP contribution in [-0.2, 0) is 11.3 Å². The number of carbonyl (C=O) groups excluding carboxylic acids is 1. The van der Waals surface area contributed by atoms with Gasteiger partial charge in [0, 0.05) is 24.1 Å². The SMILES string of the molecule is Cc1ccc(=O)n(CC2(O)C[C@@H]3CCC[C@@H](C2)N3C(=O)C(C)C)n1. The molecule has 24 heavy (non-hydrogen) atoms. The molecule has 0 saturated carbocycles. The Labute approximate surface area is 142 Å². The van der Waals surface area contributed by atoms with Crippen molar-refractivity contribution in [3.63, 3.8) is 0 Å². The van der Waals surface area contributed by atoms with Gasteiger partial charge >= 0.3 is 0 Å². The van der Waals surface area contributed by atoms with Crippen LogP contribution in [0.15, 0.2) is 16.9 Å². The summed E-state index contributed by atoms with van der Waals surface area (Å²) in [5, 5.41) is 15.4. The average Bonchev–Trinajstić information content (AvgIpc) is 2.49. The third kappa shape index (κ3) is 3.24. The molecule has 1 aromatic heterocycles. The van der Waals surface area contributed by atoms with Gasteiger partial charge in [-0.25, -0.2) is 4.68 Å². The predicted molar refractivity (Wildman–Crippen MR) is 90.5 cm³/mol. The Kier molecular flexibility index (Phi) is 4.51. The van der Waals surface area contributed by atoms with E-state index in [0.717, 1.165) is 25.0 Å². The van der Waals surface area contributed by atoms with Gasteiger partial charge in [-0.15, -0.1) is 0 Å². The molecule has 0 aliphatic carbocycles. The molecular weight excluding hydrogens is 306 g/mol. The number of piperidine rings is 2. The van der Waals surface area contributed by atoms with Crippen LogP contribution in [0.1, 0.15) is 51.6 Å². The molecular formula is C18H27N3O3. The summed E-state index contributed by atoms with van der Waals surface area (Å²) in [7, 11) is 0. The number of hydrogen-bond donors (Lipinski definition) is 1. The van der Waals surface area contributed by atoms with E-state index < -0.39 is 5.60 Å². The number of aryl methyl sites for hydroxylation is 1. The number of aromatic nitrogens is 2. The number of fused-ring (bicyclic) bond motifs is 2. The molecule has 0 unspecified atom stereocenters. The van der Waals surface area contributed by atoms with Gasteiger partial charge in [-0.3, -0.25) is 9.59 Å². The van der Waals surface area contributed by atoms with E-state index >= 15 is 0 Å². The van der Waals surface area contributed by atoms with Crippen LogP contribution in [0.2, 0.25) is 0 Å². The fourth-order valence-electron chi connectivity index (χ4n) is 4.26. The molecule has 1 amide bonds. The minimum absolute atomic E-state index is 0.0275. The molecule has 2 aliphatic rings. The van der Waals surface area contributed by atoms with Crippen LogP contribution in [0.4, 0.5) is 0 Å². The highest BCUT2D eigenvalue weighted by Gasteiger charge is 2.47. The minimum atomic E-state index is -0.978. The zero-order valence-corrected chi connectivity index (χ0v) is 14.7. The van der Waals surface area contributed by atoms with Gasteiger partial charge in [-0.2, -0.15) is 5.10 Å². The summed E-state index contributed by atoms with van der Waals surface area (Å²) in [6, 6.07) is 3.31. The van der Waals surface area contributed by atoms with Crippen molar-refractivity contribution in [2.75, 3.05) is 0 Å². The van der Waals surface area contributed by atoms with E-state index in [9.17, 15) is 14.7 Å². The highest BCUT2D eigenvalue weighted by Crippen LogP contribution is 2.40. The van der Waals surface area contributed by atoms with E-state index in [1.54, 1.807) is 6.07 Å². The molecule has 0 aromatic carbocycles. The Balaban J connectivity index is 1.83. The minimum Gasteiger partial charge on any atom is -0.388 e. The number of aliphatic hydroxyl groups is 1. The monoisotopic (exact) mass is 333 g/mol. The van der Waals surface area contributed by atoms with Crippen molar-refractivity contribution in [1.29, 1.82) is 0 Å². The predicted octanol–water partition coefficient (Wildman–Crippen LogP) is 1.48. The largest absolute Gasteiger partial charge is 0.388 e. The van der Waals surface area contributed by atoms with Crippen LogP contribution in [0.25, 0.3) is 0 Å². The number of amides is 1. The van der Waals surface area contributed by atoms with Gasteiger partial charge in [0.2, 0.25) is 5.91 Å². The number of rotatable bonds is 3. The fourth-order valence-corrected chi connectivity index (χ4v) is 4.26. The molecule has 0 spiro atoms. The summed E-state index contributed by atoms with van der Waals surface area (Å²) in [5.74, 6) is 0.151. The zero-order chi connectivity index (χ0) is 17.5. The Morgan fingerprint density at radius 3 is 2.54 bits per heavy atom. The Morgan fingerprint density at radius 1 is 1.33 bits per heavy atom. The Hall–Kier alpha value is -1.69. The van der Waals surface area contributed by atoms with Crippen LogP contribution >= 0.6 is 0 Å². The summed E-state index contributed by atoms with van der Waals surface area (Å²) in [6.07, 6.45) is 3.98. The Morgan fingerprint density at radius 2 is 1.96 bits per heavy atom. The van der Waals surface area contributed by atoms with Gasteiger partial charge in [0.15, 0.2) is 0 Å². The molecule has 2 saturated heterocycles. The van der Waals surface area contributed by atoms with Gasteiger partial charge in [0.25, 0.3) is 5.56 Å². The van der Waals surface area contributed by atoms with Crippen molar-refractivity contribution >= 4 is 5.91 Å². The van der Waals surface area contributed by atoms with Gasteiger partial charge < -0.3 is 10.0 Å². The second-order valence-corrected chi connectivity index (χ2v) is 7.74. The molecule has 1 N–H and O–H groups in total. The van der Waals surface area contributed by atoms with Gasteiger partial charge in [-0.1, -0.05) is 13.8 Å². The summed E-state index contributed by atoms with van der Waals surface area (Å²) in [4.78, 5) is 26.6. The van der Waals surface area contributed by atoms with E-state index in [4.69, 9.17) is 0 Å². The summed E-state index contributed by atoms with van der Waals surface area (Å²) in [5.41, 5.74) is -0.417. The highest BCUT2D eigenvalue weighted by molar-refractivity contribution is 5.79.